The van der Waals surface area contributed by atoms with Crippen molar-refractivity contribution in [3.05, 3.63) is 34.4 Å². The van der Waals surface area contributed by atoms with Gasteiger partial charge in [-0.15, -0.1) is 0 Å². The number of alkyl halides is 3. The average Bonchev–Trinajstić information content (AvgIpc) is 2.33. The van der Waals surface area contributed by atoms with Crippen molar-refractivity contribution in [2.75, 3.05) is 12.4 Å². The number of carbonyl (C=O) groups is 1. The van der Waals surface area contributed by atoms with Gasteiger partial charge in [-0.25, -0.2) is 4.79 Å². The van der Waals surface area contributed by atoms with Crippen molar-refractivity contribution in [1.29, 1.82) is 0 Å². The van der Waals surface area contributed by atoms with Crippen LogP contribution in [-0.2, 0) is 4.79 Å². The molecule has 0 amide bonds. The van der Waals surface area contributed by atoms with E-state index < -0.39 is 23.6 Å². The fourth-order valence-electron chi connectivity index (χ4n) is 1.60. The Kier molecular flexibility index (Phi) is 5.05. The van der Waals surface area contributed by atoms with Crippen molar-refractivity contribution in [2.24, 2.45) is 5.92 Å². The van der Waals surface area contributed by atoms with Crippen LogP contribution < -0.4 is 5.32 Å². The lowest BCUT2D eigenvalue weighted by Gasteiger charge is -2.17. The molecule has 0 aliphatic heterocycles. The number of hydrogen-bond acceptors (Lipinski definition) is 2. The Bertz CT molecular complexity index is 541. The molecule has 1 rings (SSSR count). The molecular formula is C13H13ClF3NO2. The third-order valence-corrected chi connectivity index (χ3v) is 3.03. The Morgan fingerprint density at radius 3 is 2.50 bits per heavy atom. The molecule has 1 aromatic carbocycles. The van der Waals surface area contributed by atoms with E-state index in [0.29, 0.717) is 10.7 Å². The van der Waals surface area contributed by atoms with Crippen molar-refractivity contribution in [3.63, 3.8) is 0 Å². The van der Waals surface area contributed by atoms with Gasteiger partial charge in [-0.3, -0.25) is 0 Å². The second-order valence-corrected chi connectivity index (χ2v) is 4.59. The topological polar surface area (TPSA) is 49.3 Å². The summed E-state index contributed by atoms with van der Waals surface area (Å²) in [5.74, 6) is -3.69. The third-order valence-electron chi connectivity index (χ3n) is 2.80. The molecule has 2 N–H and O–H groups in total. The molecule has 1 unspecified atom stereocenters. The predicted molar refractivity (Wildman–Crippen MR) is 71.8 cm³/mol. The standard InChI is InChI=1S/C13H13ClF3NO2/c1-7(13(15,16)17)10(12(19)20)6-8-5-9(14)3-4-11(8)18-2/h3-7,18H,1-2H3,(H,19,20)/b10-6+. The van der Waals surface area contributed by atoms with E-state index in [-0.39, 0.29) is 5.56 Å². The second kappa shape index (κ2) is 6.17. The minimum atomic E-state index is -4.62. The van der Waals surface area contributed by atoms with Crippen molar-refractivity contribution in [3.8, 4) is 0 Å². The van der Waals surface area contributed by atoms with Gasteiger partial charge in [0.15, 0.2) is 0 Å². The Labute approximate surface area is 119 Å². The van der Waals surface area contributed by atoms with Gasteiger partial charge in [0.1, 0.15) is 0 Å². The van der Waals surface area contributed by atoms with Crippen molar-refractivity contribution in [1.82, 2.24) is 0 Å². The van der Waals surface area contributed by atoms with Crippen LogP contribution in [0.1, 0.15) is 12.5 Å². The van der Waals surface area contributed by atoms with Crippen LogP contribution in [0, 0.1) is 5.92 Å². The predicted octanol–water partition coefficient (Wildman–Crippen LogP) is 4.05. The zero-order valence-corrected chi connectivity index (χ0v) is 11.5. The quantitative estimate of drug-likeness (QED) is 0.825. The maximum Gasteiger partial charge on any atom is 0.395 e. The lowest BCUT2D eigenvalue weighted by Crippen LogP contribution is -2.25. The zero-order chi connectivity index (χ0) is 15.5. The highest BCUT2D eigenvalue weighted by Crippen LogP contribution is 2.33. The molecule has 0 saturated heterocycles. The molecule has 0 fully saturated rings. The van der Waals surface area contributed by atoms with Gasteiger partial charge in [0, 0.05) is 23.3 Å². The van der Waals surface area contributed by atoms with E-state index in [1.807, 2.05) is 0 Å². The minimum Gasteiger partial charge on any atom is -0.478 e. The number of aliphatic carboxylic acids is 1. The van der Waals surface area contributed by atoms with E-state index in [9.17, 15) is 18.0 Å². The highest BCUT2D eigenvalue weighted by atomic mass is 35.5. The maximum absolute atomic E-state index is 12.7. The molecule has 0 heterocycles. The summed E-state index contributed by atoms with van der Waals surface area (Å²) in [7, 11) is 1.58. The second-order valence-electron chi connectivity index (χ2n) is 4.15. The number of hydrogen-bond donors (Lipinski definition) is 2. The summed E-state index contributed by atoms with van der Waals surface area (Å²) in [4.78, 5) is 11.1. The van der Waals surface area contributed by atoms with Crippen LogP contribution in [0.5, 0.6) is 0 Å². The lowest BCUT2D eigenvalue weighted by atomic mass is 9.97. The lowest BCUT2D eigenvalue weighted by molar-refractivity contribution is -0.165. The highest BCUT2D eigenvalue weighted by Gasteiger charge is 2.40. The Balaban J connectivity index is 3.35. The smallest absolute Gasteiger partial charge is 0.395 e. The Hall–Kier alpha value is -1.69. The molecule has 0 aliphatic carbocycles. The van der Waals surface area contributed by atoms with Crippen LogP contribution in [0.2, 0.25) is 5.02 Å². The van der Waals surface area contributed by atoms with E-state index in [0.717, 1.165) is 13.0 Å². The Morgan fingerprint density at radius 2 is 2.05 bits per heavy atom. The van der Waals surface area contributed by atoms with Crippen molar-refractivity contribution in [2.45, 2.75) is 13.1 Å². The number of halogens is 4. The Morgan fingerprint density at radius 1 is 1.45 bits per heavy atom. The fraction of sp³-hybridized carbons (Fsp3) is 0.308. The summed E-state index contributed by atoms with van der Waals surface area (Å²) in [5.41, 5.74) is 0.0345. The van der Waals surface area contributed by atoms with Crippen LogP contribution >= 0.6 is 11.6 Å². The molecule has 0 spiro atoms. The molecule has 1 atom stereocenters. The summed E-state index contributed by atoms with van der Waals surface area (Å²) >= 11 is 5.78. The number of benzene rings is 1. The molecule has 7 heteroatoms. The number of anilines is 1. The van der Waals surface area contributed by atoms with Crippen molar-refractivity contribution < 1.29 is 23.1 Å². The first kappa shape index (κ1) is 16.4. The summed E-state index contributed by atoms with van der Waals surface area (Å²) in [6.07, 6.45) is -3.64. The van der Waals surface area contributed by atoms with E-state index >= 15 is 0 Å². The van der Waals surface area contributed by atoms with E-state index in [4.69, 9.17) is 16.7 Å². The molecule has 110 valence electrons. The van der Waals surface area contributed by atoms with Crippen LogP contribution in [0.4, 0.5) is 18.9 Å². The molecule has 0 aliphatic rings. The van der Waals surface area contributed by atoms with Crippen LogP contribution in [0.15, 0.2) is 23.8 Å². The average molecular weight is 308 g/mol. The van der Waals surface area contributed by atoms with Crippen molar-refractivity contribution >= 4 is 29.3 Å². The zero-order valence-electron chi connectivity index (χ0n) is 10.8. The number of carboxylic acid groups (broad SMARTS) is 1. The minimum absolute atomic E-state index is 0.286. The van der Waals surface area contributed by atoms with Crippen LogP contribution in [0.3, 0.4) is 0 Å². The van der Waals surface area contributed by atoms with E-state index in [2.05, 4.69) is 5.32 Å². The van der Waals surface area contributed by atoms with Crippen LogP contribution in [0.25, 0.3) is 6.08 Å². The largest absolute Gasteiger partial charge is 0.478 e. The first-order valence-corrected chi connectivity index (χ1v) is 6.03. The van der Waals surface area contributed by atoms with Gasteiger partial charge in [-0.2, -0.15) is 13.2 Å². The summed E-state index contributed by atoms with van der Waals surface area (Å²) in [6, 6.07) is 4.52. The van der Waals surface area contributed by atoms with Gasteiger partial charge in [0.25, 0.3) is 0 Å². The maximum atomic E-state index is 12.7. The van der Waals surface area contributed by atoms with E-state index in [1.54, 1.807) is 19.2 Å². The molecule has 0 aromatic heterocycles. The van der Waals surface area contributed by atoms with Crippen LogP contribution in [-0.4, -0.2) is 24.3 Å². The first-order chi connectivity index (χ1) is 9.16. The highest BCUT2D eigenvalue weighted by molar-refractivity contribution is 6.30. The number of nitrogens with one attached hydrogen (secondary N) is 1. The number of carboxylic acids is 1. The van der Waals surface area contributed by atoms with Gasteiger partial charge in [0.05, 0.1) is 5.92 Å². The van der Waals surface area contributed by atoms with Gasteiger partial charge in [-0.1, -0.05) is 11.6 Å². The molecule has 0 saturated carbocycles. The molecule has 0 bridgehead atoms. The molecular weight excluding hydrogens is 295 g/mol. The number of rotatable bonds is 4. The summed E-state index contributed by atoms with van der Waals surface area (Å²) in [6.45, 7) is 0.809. The first-order valence-electron chi connectivity index (χ1n) is 5.65. The fourth-order valence-corrected chi connectivity index (χ4v) is 1.78. The molecule has 1 aromatic rings. The molecule has 0 radical (unpaired) electrons. The van der Waals surface area contributed by atoms with E-state index in [1.165, 1.54) is 6.07 Å². The van der Waals surface area contributed by atoms with Gasteiger partial charge in [0.2, 0.25) is 0 Å². The third kappa shape index (κ3) is 3.90. The summed E-state index contributed by atoms with van der Waals surface area (Å²) < 4.78 is 38.0. The normalized spacial score (nSPS) is 14.0. The SMILES string of the molecule is CNc1ccc(Cl)cc1/C=C(/C(=O)O)C(C)C(F)(F)F. The molecule has 20 heavy (non-hydrogen) atoms. The van der Waals surface area contributed by atoms with Gasteiger partial charge < -0.3 is 10.4 Å². The van der Waals surface area contributed by atoms with Gasteiger partial charge >= 0.3 is 12.1 Å². The summed E-state index contributed by atoms with van der Waals surface area (Å²) in [5, 5.41) is 12.1. The molecule has 3 nitrogen and oxygen atoms in total. The monoisotopic (exact) mass is 307 g/mol. The van der Waals surface area contributed by atoms with Gasteiger partial charge in [-0.05, 0) is 36.8 Å².